The molecule has 92 valence electrons. The summed E-state index contributed by atoms with van der Waals surface area (Å²) in [6.07, 6.45) is 6.29. The lowest BCUT2D eigenvalue weighted by Crippen LogP contribution is -2.46. The minimum Gasteiger partial charge on any atom is -0.358 e. The van der Waals surface area contributed by atoms with Crippen molar-refractivity contribution in [3.8, 4) is 0 Å². The highest BCUT2D eigenvalue weighted by atomic mass is 16.1. The number of carbonyl (C=O) groups is 1. The van der Waals surface area contributed by atoms with Crippen molar-refractivity contribution in [3.63, 3.8) is 0 Å². The Kier molecular flexibility index (Phi) is 5.67. The number of rotatable bonds is 3. The van der Waals surface area contributed by atoms with Gasteiger partial charge in [-0.15, -0.1) is 0 Å². The number of amides is 1. The van der Waals surface area contributed by atoms with Crippen LogP contribution in [0.5, 0.6) is 0 Å². The van der Waals surface area contributed by atoms with Gasteiger partial charge in [-0.05, 0) is 12.8 Å². The number of guanidine groups is 1. The molecule has 5 nitrogen and oxygen atoms in total. The molecule has 0 saturated heterocycles. The van der Waals surface area contributed by atoms with Crippen molar-refractivity contribution in [1.82, 2.24) is 16.0 Å². The SMILES string of the molecule is CN=C(NCC(=O)NC)NC1CCCCC1. The first kappa shape index (κ1) is 12.8. The van der Waals surface area contributed by atoms with E-state index in [0.717, 1.165) is 5.96 Å². The van der Waals surface area contributed by atoms with Crippen LogP contribution in [0.4, 0.5) is 0 Å². The molecule has 0 heterocycles. The molecule has 0 radical (unpaired) electrons. The molecule has 0 unspecified atom stereocenters. The van der Waals surface area contributed by atoms with Gasteiger partial charge in [-0.25, -0.2) is 0 Å². The third-order valence-electron chi connectivity index (χ3n) is 2.86. The minimum absolute atomic E-state index is 0.0356. The molecule has 16 heavy (non-hydrogen) atoms. The van der Waals surface area contributed by atoms with Crippen LogP contribution in [0.15, 0.2) is 4.99 Å². The first-order valence-corrected chi connectivity index (χ1v) is 5.94. The zero-order valence-electron chi connectivity index (χ0n) is 10.2. The van der Waals surface area contributed by atoms with Gasteiger partial charge in [0.2, 0.25) is 5.91 Å². The number of nitrogens with one attached hydrogen (secondary N) is 3. The van der Waals surface area contributed by atoms with Crippen LogP contribution in [-0.2, 0) is 4.79 Å². The summed E-state index contributed by atoms with van der Waals surface area (Å²) in [4.78, 5) is 15.2. The molecule has 1 aliphatic rings. The first-order valence-electron chi connectivity index (χ1n) is 5.94. The number of aliphatic imine (C=N–C) groups is 1. The van der Waals surface area contributed by atoms with Crippen molar-refractivity contribution < 1.29 is 4.79 Å². The van der Waals surface area contributed by atoms with Gasteiger partial charge in [-0.3, -0.25) is 9.79 Å². The van der Waals surface area contributed by atoms with E-state index in [4.69, 9.17) is 0 Å². The van der Waals surface area contributed by atoms with E-state index in [-0.39, 0.29) is 12.5 Å². The summed E-state index contributed by atoms with van der Waals surface area (Å²) < 4.78 is 0. The predicted octanol–water partition coefficient (Wildman–Crippen LogP) is 0.230. The number of hydrogen-bond acceptors (Lipinski definition) is 2. The van der Waals surface area contributed by atoms with E-state index in [9.17, 15) is 4.79 Å². The maximum absolute atomic E-state index is 11.1. The van der Waals surface area contributed by atoms with Crippen molar-refractivity contribution in [1.29, 1.82) is 0 Å². The topological polar surface area (TPSA) is 65.5 Å². The average Bonchev–Trinajstić information content (AvgIpc) is 2.35. The van der Waals surface area contributed by atoms with Crippen molar-refractivity contribution >= 4 is 11.9 Å². The third-order valence-corrected chi connectivity index (χ3v) is 2.86. The van der Waals surface area contributed by atoms with Crippen molar-refractivity contribution in [2.75, 3.05) is 20.6 Å². The fourth-order valence-electron chi connectivity index (χ4n) is 1.89. The van der Waals surface area contributed by atoms with Gasteiger partial charge in [0.25, 0.3) is 0 Å². The van der Waals surface area contributed by atoms with E-state index < -0.39 is 0 Å². The van der Waals surface area contributed by atoms with Crippen LogP contribution < -0.4 is 16.0 Å². The Morgan fingerprint density at radius 3 is 2.56 bits per heavy atom. The third kappa shape index (κ3) is 4.51. The van der Waals surface area contributed by atoms with Crippen molar-refractivity contribution in [3.05, 3.63) is 0 Å². The summed E-state index contributed by atoms with van der Waals surface area (Å²) >= 11 is 0. The van der Waals surface area contributed by atoms with Crippen LogP contribution in [0.25, 0.3) is 0 Å². The highest BCUT2D eigenvalue weighted by Gasteiger charge is 2.14. The molecule has 1 fully saturated rings. The molecule has 0 atom stereocenters. The summed E-state index contributed by atoms with van der Waals surface area (Å²) in [5.74, 6) is 0.682. The van der Waals surface area contributed by atoms with E-state index in [1.165, 1.54) is 32.1 Å². The second-order valence-corrected chi connectivity index (χ2v) is 4.08. The van der Waals surface area contributed by atoms with Crippen molar-refractivity contribution in [2.45, 2.75) is 38.1 Å². The summed E-state index contributed by atoms with van der Waals surface area (Å²) in [6.45, 7) is 0.267. The molecule has 1 aliphatic carbocycles. The Balaban J connectivity index is 2.28. The lowest BCUT2D eigenvalue weighted by Gasteiger charge is -2.24. The van der Waals surface area contributed by atoms with Crippen LogP contribution in [0.2, 0.25) is 0 Å². The second-order valence-electron chi connectivity index (χ2n) is 4.08. The van der Waals surface area contributed by atoms with Gasteiger partial charge in [-0.1, -0.05) is 19.3 Å². The van der Waals surface area contributed by atoms with E-state index >= 15 is 0 Å². The van der Waals surface area contributed by atoms with E-state index in [2.05, 4.69) is 20.9 Å². The second kappa shape index (κ2) is 7.09. The zero-order chi connectivity index (χ0) is 11.8. The average molecular weight is 226 g/mol. The largest absolute Gasteiger partial charge is 0.358 e. The lowest BCUT2D eigenvalue weighted by atomic mass is 9.96. The summed E-state index contributed by atoms with van der Waals surface area (Å²) in [7, 11) is 3.35. The Labute approximate surface area is 97.1 Å². The predicted molar refractivity (Wildman–Crippen MR) is 65.4 cm³/mol. The van der Waals surface area contributed by atoms with Crippen LogP contribution in [0.1, 0.15) is 32.1 Å². The van der Waals surface area contributed by atoms with Gasteiger partial charge >= 0.3 is 0 Å². The summed E-state index contributed by atoms with van der Waals surface area (Å²) in [6, 6.07) is 0.504. The van der Waals surface area contributed by atoms with Crippen LogP contribution >= 0.6 is 0 Å². The quantitative estimate of drug-likeness (QED) is 0.477. The van der Waals surface area contributed by atoms with Crippen molar-refractivity contribution in [2.24, 2.45) is 4.99 Å². The van der Waals surface area contributed by atoms with Crippen LogP contribution in [0.3, 0.4) is 0 Å². The molecule has 0 bridgehead atoms. The Morgan fingerprint density at radius 1 is 1.31 bits per heavy atom. The molecule has 0 aromatic rings. The fourth-order valence-corrected chi connectivity index (χ4v) is 1.89. The molecule has 1 rings (SSSR count). The highest BCUT2D eigenvalue weighted by molar-refractivity contribution is 5.86. The molecule has 0 aromatic heterocycles. The molecule has 5 heteroatoms. The normalized spacial score (nSPS) is 18.0. The minimum atomic E-state index is -0.0356. The number of nitrogens with zero attached hydrogens (tertiary/aromatic N) is 1. The lowest BCUT2D eigenvalue weighted by molar-refractivity contribution is -0.119. The summed E-state index contributed by atoms with van der Waals surface area (Å²) in [5.41, 5.74) is 0. The molecular formula is C11H22N4O. The monoisotopic (exact) mass is 226 g/mol. The van der Waals surface area contributed by atoms with Gasteiger partial charge in [0.15, 0.2) is 5.96 Å². The van der Waals surface area contributed by atoms with E-state index in [1.54, 1.807) is 14.1 Å². The van der Waals surface area contributed by atoms with Gasteiger partial charge in [0.05, 0.1) is 6.54 Å². The van der Waals surface area contributed by atoms with Crippen LogP contribution in [-0.4, -0.2) is 38.5 Å². The molecule has 3 N–H and O–H groups in total. The van der Waals surface area contributed by atoms with Gasteiger partial charge in [0.1, 0.15) is 0 Å². The molecular weight excluding hydrogens is 204 g/mol. The number of hydrogen-bond donors (Lipinski definition) is 3. The van der Waals surface area contributed by atoms with Gasteiger partial charge in [-0.2, -0.15) is 0 Å². The summed E-state index contributed by atoms with van der Waals surface area (Å²) in [5, 5.41) is 8.90. The van der Waals surface area contributed by atoms with Crippen LogP contribution in [0, 0.1) is 0 Å². The Hall–Kier alpha value is -1.26. The molecule has 1 saturated carbocycles. The molecule has 0 aromatic carbocycles. The van der Waals surface area contributed by atoms with E-state index in [0.29, 0.717) is 6.04 Å². The Bertz CT molecular complexity index is 246. The van der Waals surface area contributed by atoms with Gasteiger partial charge < -0.3 is 16.0 Å². The van der Waals surface area contributed by atoms with Gasteiger partial charge in [0, 0.05) is 20.1 Å². The standard InChI is InChI=1S/C11H22N4O/c1-12-10(16)8-14-11(13-2)15-9-6-4-3-5-7-9/h9H,3-8H2,1-2H3,(H,12,16)(H2,13,14,15). The maximum atomic E-state index is 11.1. The maximum Gasteiger partial charge on any atom is 0.239 e. The fraction of sp³-hybridized carbons (Fsp3) is 0.818. The van der Waals surface area contributed by atoms with E-state index in [1.807, 2.05) is 0 Å². The zero-order valence-corrected chi connectivity index (χ0v) is 10.2. The number of likely N-dealkylation sites (N-methyl/N-ethyl adjacent to an activating group) is 1. The first-order chi connectivity index (χ1) is 7.76. The highest BCUT2D eigenvalue weighted by Crippen LogP contribution is 2.16. The molecule has 1 amide bonds. The smallest absolute Gasteiger partial charge is 0.239 e. The molecule has 0 aliphatic heterocycles. The molecule has 0 spiro atoms. The Morgan fingerprint density at radius 2 is 2.00 bits per heavy atom. The number of carbonyl (C=O) groups excluding carboxylic acids is 1.